The summed E-state index contributed by atoms with van der Waals surface area (Å²) >= 11 is 0. The number of likely N-dealkylation sites (tertiary alicyclic amines) is 1. The summed E-state index contributed by atoms with van der Waals surface area (Å²) in [5.74, 6) is -0.684. The first-order chi connectivity index (χ1) is 7.24. The molecule has 1 fully saturated rings. The van der Waals surface area contributed by atoms with Crippen molar-refractivity contribution in [2.24, 2.45) is 0 Å². The Hall–Kier alpha value is -0.610. The minimum absolute atomic E-state index is 0.254. The van der Waals surface area contributed by atoms with Crippen LogP contribution in [0.15, 0.2) is 0 Å². The van der Waals surface area contributed by atoms with Crippen LogP contribution in [0.4, 0.5) is 0 Å². The summed E-state index contributed by atoms with van der Waals surface area (Å²) in [5, 5.41) is 8.75. The van der Waals surface area contributed by atoms with E-state index < -0.39 is 5.97 Å². The molecule has 1 atom stereocenters. The zero-order valence-corrected chi connectivity index (χ0v) is 9.45. The average molecular weight is 215 g/mol. The molecular formula is C11H21NO3. The average Bonchev–Trinajstić information content (AvgIpc) is 2.59. The van der Waals surface area contributed by atoms with Crippen molar-refractivity contribution < 1.29 is 14.6 Å². The van der Waals surface area contributed by atoms with Crippen molar-refractivity contribution in [2.75, 3.05) is 26.3 Å². The van der Waals surface area contributed by atoms with Crippen molar-refractivity contribution in [3.05, 3.63) is 0 Å². The molecule has 15 heavy (non-hydrogen) atoms. The standard InChI is InChI=1S/C11H21NO3/c1-2-15-8-4-7-12-6-3-5-10(12)9-11(13)14/h10H,2-9H2,1H3,(H,13,14). The maximum absolute atomic E-state index is 10.6. The van der Waals surface area contributed by atoms with Gasteiger partial charge in [-0.3, -0.25) is 9.69 Å². The third-order valence-electron chi connectivity index (χ3n) is 2.85. The number of aliphatic carboxylic acids is 1. The molecular weight excluding hydrogens is 194 g/mol. The van der Waals surface area contributed by atoms with Crippen molar-refractivity contribution >= 4 is 5.97 Å². The Morgan fingerprint density at radius 2 is 2.40 bits per heavy atom. The lowest BCUT2D eigenvalue weighted by atomic mass is 10.1. The van der Waals surface area contributed by atoms with Crippen LogP contribution in [-0.2, 0) is 9.53 Å². The number of hydrogen-bond acceptors (Lipinski definition) is 3. The van der Waals surface area contributed by atoms with Crippen LogP contribution in [-0.4, -0.2) is 48.3 Å². The summed E-state index contributed by atoms with van der Waals surface area (Å²) in [5.41, 5.74) is 0. The molecule has 0 spiro atoms. The topological polar surface area (TPSA) is 49.8 Å². The number of carbonyl (C=O) groups is 1. The van der Waals surface area contributed by atoms with Crippen molar-refractivity contribution in [1.29, 1.82) is 0 Å². The maximum Gasteiger partial charge on any atom is 0.304 e. The smallest absolute Gasteiger partial charge is 0.304 e. The van der Waals surface area contributed by atoms with Gasteiger partial charge in [-0.15, -0.1) is 0 Å². The van der Waals surface area contributed by atoms with Gasteiger partial charge < -0.3 is 9.84 Å². The van der Waals surface area contributed by atoms with Crippen LogP contribution in [0.1, 0.15) is 32.6 Å². The molecule has 1 unspecified atom stereocenters. The third-order valence-corrected chi connectivity index (χ3v) is 2.85. The highest BCUT2D eigenvalue weighted by Crippen LogP contribution is 2.19. The molecule has 0 aliphatic carbocycles. The van der Waals surface area contributed by atoms with Crippen molar-refractivity contribution in [1.82, 2.24) is 4.90 Å². The summed E-state index contributed by atoms with van der Waals surface area (Å²) in [6, 6.07) is 0.254. The summed E-state index contributed by atoms with van der Waals surface area (Å²) in [4.78, 5) is 12.9. The van der Waals surface area contributed by atoms with Gasteiger partial charge in [0.05, 0.1) is 6.42 Å². The molecule has 1 aliphatic heterocycles. The van der Waals surface area contributed by atoms with Gasteiger partial charge in [-0.25, -0.2) is 0 Å². The van der Waals surface area contributed by atoms with Crippen LogP contribution in [0.5, 0.6) is 0 Å². The molecule has 1 N–H and O–H groups in total. The number of nitrogens with zero attached hydrogens (tertiary/aromatic N) is 1. The third kappa shape index (κ3) is 4.62. The lowest BCUT2D eigenvalue weighted by Gasteiger charge is -2.22. The summed E-state index contributed by atoms with van der Waals surface area (Å²) in [7, 11) is 0. The van der Waals surface area contributed by atoms with Crippen LogP contribution < -0.4 is 0 Å². The number of carboxylic acids is 1. The van der Waals surface area contributed by atoms with Crippen molar-refractivity contribution in [3.63, 3.8) is 0 Å². The van der Waals surface area contributed by atoms with E-state index in [4.69, 9.17) is 9.84 Å². The highest BCUT2D eigenvalue weighted by molar-refractivity contribution is 5.67. The molecule has 0 radical (unpaired) electrons. The molecule has 1 aliphatic rings. The monoisotopic (exact) mass is 215 g/mol. The molecule has 0 amide bonds. The molecule has 0 bridgehead atoms. The number of hydrogen-bond donors (Lipinski definition) is 1. The zero-order chi connectivity index (χ0) is 11.1. The first kappa shape index (κ1) is 12.5. The summed E-state index contributed by atoms with van der Waals surface area (Å²) in [6.45, 7) is 5.55. The van der Waals surface area contributed by atoms with E-state index in [0.717, 1.165) is 45.6 Å². The van der Waals surface area contributed by atoms with E-state index in [-0.39, 0.29) is 12.5 Å². The van der Waals surface area contributed by atoms with Crippen molar-refractivity contribution in [2.45, 2.75) is 38.6 Å². The second-order valence-corrected chi connectivity index (χ2v) is 3.98. The molecule has 1 saturated heterocycles. The Balaban J connectivity index is 2.18. The van der Waals surface area contributed by atoms with Gasteiger partial charge in [0.15, 0.2) is 0 Å². The van der Waals surface area contributed by atoms with E-state index >= 15 is 0 Å². The van der Waals surface area contributed by atoms with Crippen LogP contribution in [0.25, 0.3) is 0 Å². The molecule has 1 heterocycles. The lowest BCUT2D eigenvalue weighted by molar-refractivity contribution is -0.138. The van der Waals surface area contributed by atoms with Gasteiger partial charge in [0.2, 0.25) is 0 Å². The number of ether oxygens (including phenoxy) is 1. The normalized spacial score (nSPS) is 22.1. The first-order valence-corrected chi connectivity index (χ1v) is 5.77. The Morgan fingerprint density at radius 1 is 1.60 bits per heavy atom. The zero-order valence-electron chi connectivity index (χ0n) is 9.45. The second-order valence-electron chi connectivity index (χ2n) is 3.98. The Bertz CT molecular complexity index is 196. The molecule has 1 rings (SSSR count). The van der Waals surface area contributed by atoms with E-state index in [1.165, 1.54) is 0 Å². The Labute approximate surface area is 91.2 Å². The van der Waals surface area contributed by atoms with Gasteiger partial charge in [-0.05, 0) is 32.7 Å². The molecule has 0 aromatic carbocycles. The first-order valence-electron chi connectivity index (χ1n) is 5.77. The molecule has 0 aromatic rings. The highest BCUT2D eigenvalue weighted by Gasteiger charge is 2.25. The predicted molar refractivity (Wildman–Crippen MR) is 58.0 cm³/mol. The molecule has 0 aromatic heterocycles. The highest BCUT2D eigenvalue weighted by atomic mass is 16.5. The van der Waals surface area contributed by atoms with Gasteiger partial charge in [-0.2, -0.15) is 0 Å². The minimum atomic E-state index is -0.684. The van der Waals surface area contributed by atoms with Gasteiger partial charge in [0.1, 0.15) is 0 Å². The van der Waals surface area contributed by atoms with E-state index in [2.05, 4.69) is 4.90 Å². The molecule has 0 saturated carbocycles. The van der Waals surface area contributed by atoms with E-state index in [1.807, 2.05) is 6.92 Å². The second kappa shape index (κ2) is 6.80. The fourth-order valence-corrected chi connectivity index (χ4v) is 2.14. The summed E-state index contributed by atoms with van der Waals surface area (Å²) < 4.78 is 5.27. The maximum atomic E-state index is 10.6. The molecule has 4 heteroatoms. The van der Waals surface area contributed by atoms with Crippen LogP contribution in [0.3, 0.4) is 0 Å². The number of rotatable bonds is 7. The Morgan fingerprint density at radius 3 is 3.07 bits per heavy atom. The van der Waals surface area contributed by atoms with Gasteiger partial charge in [0.25, 0.3) is 0 Å². The van der Waals surface area contributed by atoms with Crippen LogP contribution in [0, 0.1) is 0 Å². The summed E-state index contributed by atoms with van der Waals surface area (Å²) in [6.07, 6.45) is 3.45. The molecule has 88 valence electrons. The largest absolute Gasteiger partial charge is 0.481 e. The van der Waals surface area contributed by atoms with E-state index in [0.29, 0.717) is 0 Å². The van der Waals surface area contributed by atoms with Crippen LogP contribution >= 0.6 is 0 Å². The minimum Gasteiger partial charge on any atom is -0.481 e. The van der Waals surface area contributed by atoms with Gasteiger partial charge in [0, 0.05) is 25.8 Å². The SMILES string of the molecule is CCOCCCN1CCCC1CC(=O)O. The Kier molecular flexibility index (Phi) is 5.65. The fourth-order valence-electron chi connectivity index (χ4n) is 2.14. The quantitative estimate of drug-likeness (QED) is 0.651. The number of carboxylic acid groups (broad SMARTS) is 1. The molecule has 4 nitrogen and oxygen atoms in total. The van der Waals surface area contributed by atoms with Crippen molar-refractivity contribution in [3.8, 4) is 0 Å². The lowest BCUT2D eigenvalue weighted by Crippen LogP contribution is -2.32. The van der Waals surface area contributed by atoms with Crippen LogP contribution in [0.2, 0.25) is 0 Å². The van der Waals surface area contributed by atoms with E-state index in [1.54, 1.807) is 0 Å². The van der Waals surface area contributed by atoms with Gasteiger partial charge >= 0.3 is 5.97 Å². The predicted octanol–water partition coefficient (Wildman–Crippen LogP) is 1.35. The van der Waals surface area contributed by atoms with E-state index in [9.17, 15) is 4.79 Å². The fraction of sp³-hybridized carbons (Fsp3) is 0.909. The van der Waals surface area contributed by atoms with Gasteiger partial charge in [-0.1, -0.05) is 0 Å².